The van der Waals surface area contributed by atoms with E-state index in [1.165, 1.54) is 24.1 Å². The van der Waals surface area contributed by atoms with Crippen molar-refractivity contribution in [1.82, 2.24) is 4.90 Å². The van der Waals surface area contributed by atoms with Crippen LogP contribution in [0.2, 0.25) is 10.0 Å². The van der Waals surface area contributed by atoms with E-state index < -0.39 is 17.9 Å². The van der Waals surface area contributed by atoms with Gasteiger partial charge in [0.25, 0.3) is 0 Å². The molecule has 2 atom stereocenters. The van der Waals surface area contributed by atoms with Crippen LogP contribution in [-0.4, -0.2) is 70.6 Å². The number of methoxy groups -OCH3 is 3. The maximum atomic E-state index is 15.4. The Balaban J connectivity index is 1.19. The van der Waals surface area contributed by atoms with Crippen molar-refractivity contribution in [2.24, 2.45) is 5.92 Å². The van der Waals surface area contributed by atoms with Gasteiger partial charge in [-0.15, -0.1) is 0 Å². The summed E-state index contributed by atoms with van der Waals surface area (Å²) < 4.78 is 43.6. The van der Waals surface area contributed by atoms with E-state index in [1.807, 2.05) is 12.1 Å². The largest absolute Gasteiger partial charge is 0.494 e. The smallest absolute Gasteiger partial charge is 0.415 e. The first-order chi connectivity index (χ1) is 25.2. The summed E-state index contributed by atoms with van der Waals surface area (Å²) >= 11 is 13.0. The molecule has 3 saturated heterocycles. The van der Waals surface area contributed by atoms with Crippen molar-refractivity contribution >= 4 is 41.0 Å². The molecule has 2 bridgehead atoms. The quantitative estimate of drug-likeness (QED) is 0.130. The zero-order valence-corrected chi connectivity index (χ0v) is 30.7. The van der Waals surface area contributed by atoms with E-state index in [2.05, 4.69) is 9.88 Å². The van der Waals surface area contributed by atoms with Gasteiger partial charge in [-0.3, -0.25) is 9.80 Å². The Morgan fingerprint density at radius 2 is 1.62 bits per heavy atom. The minimum absolute atomic E-state index is 0.00756. The van der Waals surface area contributed by atoms with E-state index in [1.54, 1.807) is 63.0 Å². The molecule has 3 aromatic carbocycles. The van der Waals surface area contributed by atoms with Crippen LogP contribution in [0.25, 0.3) is 0 Å². The summed E-state index contributed by atoms with van der Waals surface area (Å²) in [5, 5.41) is 0.907. The molecule has 3 aliphatic heterocycles. The number of nitrogens with zero attached hydrogens (tertiary/aromatic N) is 2. The van der Waals surface area contributed by atoms with Gasteiger partial charge >= 0.3 is 12.1 Å². The Kier molecular flexibility index (Phi) is 12.0. The van der Waals surface area contributed by atoms with Crippen LogP contribution in [0.5, 0.6) is 17.2 Å². The summed E-state index contributed by atoms with van der Waals surface area (Å²) in [4.78, 5) is 33.6. The number of piperidine rings is 3. The van der Waals surface area contributed by atoms with Gasteiger partial charge in [-0.1, -0.05) is 47.5 Å². The highest BCUT2D eigenvalue weighted by atomic mass is 35.5. The van der Waals surface area contributed by atoms with E-state index in [0.29, 0.717) is 51.2 Å². The van der Waals surface area contributed by atoms with Crippen molar-refractivity contribution < 1.29 is 42.6 Å². The number of hydrogen-bond acceptors (Lipinski definition) is 8. The second kappa shape index (κ2) is 16.8. The molecule has 1 N–H and O–H groups in total. The van der Waals surface area contributed by atoms with Crippen LogP contribution in [0, 0.1) is 11.7 Å². The normalized spacial score (nSPS) is 18.3. The Hall–Kier alpha value is -4.58. The zero-order valence-electron chi connectivity index (χ0n) is 29.2. The summed E-state index contributed by atoms with van der Waals surface area (Å²) in [6.45, 7) is 2.62. The number of halogens is 3. The molecular formula is C39H41Cl2FN3O7+. The molecule has 0 radical (unpaired) electrons. The third-order valence-electron chi connectivity index (χ3n) is 9.78. The SMILES string of the molecule is COc1ccc([C@@H](COC(=O)c2ccc(CN(C(=O)O[C@H]3CN4CCC3CC4)c3c(F)cccc3OC)cc2)Cc2c(Cl)c[nH+]cc2Cl)cc1OC. The molecule has 0 unspecified atom stereocenters. The number of pyridine rings is 1. The van der Waals surface area contributed by atoms with Crippen LogP contribution in [0.1, 0.15) is 45.8 Å². The number of benzene rings is 3. The molecule has 0 spiro atoms. The van der Waals surface area contributed by atoms with Crippen molar-refractivity contribution in [3.8, 4) is 17.2 Å². The number of esters is 1. The lowest BCUT2D eigenvalue weighted by Crippen LogP contribution is -2.53. The third-order valence-corrected chi connectivity index (χ3v) is 10.5. The molecule has 13 heteroatoms. The van der Waals surface area contributed by atoms with Gasteiger partial charge in [0, 0.05) is 18.0 Å². The Bertz CT molecular complexity index is 1870. The average molecular weight is 754 g/mol. The zero-order chi connectivity index (χ0) is 36.8. The summed E-state index contributed by atoms with van der Waals surface area (Å²) in [5.41, 5.74) is 2.45. The van der Waals surface area contributed by atoms with Gasteiger partial charge < -0.3 is 23.7 Å². The number of aromatic nitrogens is 1. The number of carbonyl (C=O) groups excluding carboxylic acids is 2. The van der Waals surface area contributed by atoms with Gasteiger partial charge in [-0.05, 0) is 85.8 Å². The van der Waals surface area contributed by atoms with Crippen molar-refractivity contribution in [2.45, 2.75) is 37.8 Å². The number of H-pyrrole nitrogens is 1. The highest BCUT2D eigenvalue weighted by Gasteiger charge is 2.38. The van der Waals surface area contributed by atoms with Gasteiger partial charge in [0.1, 0.15) is 27.6 Å². The van der Waals surface area contributed by atoms with Gasteiger partial charge in [0.15, 0.2) is 29.7 Å². The third kappa shape index (κ3) is 8.38. The van der Waals surface area contributed by atoms with E-state index in [0.717, 1.165) is 31.5 Å². The van der Waals surface area contributed by atoms with E-state index >= 15 is 4.39 Å². The minimum Gasteiger partial charge on any atom is -0.494 e. The molecule has 4 aromatic rings. The van der Waals surface area contributed by atoms with Gasteiger partial charge in [-0.25, -0.2) is 19.0 Å². The van der Waals surface area contributed by atoms with Gasteiger partial charge in [0.05, 0.1) is 40.0 Å². The second-order valence-electron chi connectivity index (χ2n) is 12.9. The number of anilines is 1. The van der Waals surface area contributed by atoms with Crippen molar-refractivity contribution in [1.29, 1.82) is 0 Å². The van der Waals surface area contributed by atoms with Gasteiger partial charge in [-0.2, -0.15) is 0 Å². The van der Waals surface area contributed by atoms with Crippen molar-refractivity contribution in [3.05, 3.63) is 111 Å². The number of nitrogens with one attached hydrogen (secondary N) is 1. The average Bonchev–Trinajstić information content (AvgIpc) is 3.17. The fraction of sp³-hybridized carbons (Fsp3) is 0.359. The standard InChI is InChI=1S/C39H40Cl2FN3O7/c1-48-33-12-11-27(18-35(33)50-3)28(17-29-30(40)19-43-20-31(29)41)23-51-38(46)26-9-7-24(8-10-26)21-45(37-32(42)5-4-6-34(37)49-2)39(47)52-36-22-44-15-13-25(36)14-16-44/h4-12,18-20,25,28,36H,13-17,21-23H2,1-3H3/p+1/t28-,36+/m1/s1. The van der Waals surface area contributed by atoms with Crippen molar-refractivity contribution in [3.63, 3.8) is 0 Å². The first kappa shape index (κ1) is 37.2. The Labute approximate surface area is 312 Å². The lowest BCUT2D eigenvalue weighted by atomic mass is 9.86. The molecular weight excluding hydrogens is 712 g/mol. The molecule has 0 aliphatic carbocycles. The molecule has 4 heterocycles. The first-order valence-electron chi connectivity index (χ1n) is 17.0. The van der Waals surface area contributed by atoms with E-state index in [4.69, 9.17) is 46.9 Å². The van der Waals surface area contributed by atoms with Crippen LogP contribution in [-0.2, 0) is 22.4 Å². The minimum atomic E-state index is -0.664. The predicted molar refractivity (Wildman–Crippen MR) is 194 cm³/mol. The Morgan fingerprint density at radius 3 is 2.25 bits per heavy atom. The fourth-order valence-corrected chi connectivity index (χ4v) is 7.41. The second-order valence-corrected chi connectivity index (χ2v) is 13.7. The number of amides is 1. The van der Waals surface area contributed by atoms with Crippen LogP contribution < -0.4 is 24.1 Å². The van der Waals surface area contributed by atoms with Crippen LogP contribution in [0.4, 0.5) is 14.9 Å². The maximum Gasteiger partial charge on any atom is 0.415 e. The first-order valence-corrected chi connectivity index (χ1v) is 17.8. The monoisotopic (exact) mass is 752 g/mol. The highest BCUT2D eigenvalue weighted by molar-refractivity contribution is 6.35. The lowest BCUT2D eigenvalue weighted by Gasteiger charge is -2.44. The lowest BCUT2D eigenvalue weighted by molar-refractivity contribution is -0.377. The molecule has 0 saturated carbocycles. The maximum absolute atomic E-state index is 15.4. The molecule has 3 fully saturated rings. The number of rotatable bonds is 13. The number of ether oxygens (including phenoxy) is 5. The van der Waals surface area contributed by atoms with Crippen LogP contribution in [0.3, 0.4) is 0 Å². The van der Waals surface area contributed by atoms with Gasteiger partial charge in [0.2, 0.25) is 0 Å². The molecule has 52 heavy (non-hydrogen) atoms. The molecule has 3 aliphatic rings. The number of hydrogen-bond donors (Lipinski definition) is 0. The van der Waals surface area contributed by atoms with E-state index in [-0.39, 0.29) is 42.5 Å². The summed E-state index contributed by atoms with van der Waals surface area (Å²) in [6.07, 6.45) is 4.64. The highest BCUT2D eigenvalue weighted by Crippen LogP contribution is 2.37. The predicted octanol–water partition coefficient (Wildman–Crippen LogP) is 7.39. The number of fused-ring (bicyclic) bond motifs is 3. The molecule has 1 aromatic heterocycles. The topological polar surface area (TPSA) is 101 Å². The summed E-state index contributed by atoms with van der Waals surface area (Å²) in [6, 6.07) is 16.5. The summed E-state index contributed by atoms with van der Waals surface area (Å²) in [5.74, 6) is 0.0518. The Morgan fingerprint density at radius 1 is 0.923 bits per heavy atom. The van der Waals surface area contributed by atoms with Crippen LogP contribution in [0.15, 0.2) is 73.1 Å². The molecule has 7 rings (SSSR count). The number of carbonyl (C=O) groups is 2. The molecule has 10 nitrogen and oxygen atoms in total. The summed E-state index contributed by atoms with van der Waals surface area (Å²) in [7, 11) is 4.53. The number of aromatic amines is 1. The molecule has 274 valence electrons. The fourth-order valence-electron chi connectivity index (χ4n) is 6.88. The van der Waals surface area contributed by atoms with E-state index in [9.17, 15) is 9.59 Å². The van der Waals surface area contributed by atoms with Crippen molar-refractivity contribution in [2.75, 3.05) is 52.5 Å². The van der Waals surface area contributed by atoms with Crippen LogP contribution >= 0.6 is 23.2 Å². The molecule has 1 amide bonds. The number of para-hydroxylation sites is 1.